The van der Waals surface area contributed by atoms with Crippen molar-refractivity contribution in [3.8, 4) is 0 Å². The van der Waals surface area contributed by atoms with Crippen LogP contribution in [-0.4, -0.2) is 22.2 Å². The number of fused-ring (bicyclic) bond motifs is 1. The van der Waals surface area contributed by atoms with Gasteiger partial charge in [0.1, 0.15) is 5.00 Å². The summed E-state index contributed by atoms with van der Waals surface area (Å²) in [6.07, 6.45) is 4.71. The van der Waals surface area contributed by atoms with Crippen molar-refractivity contribution in [1.29, 1.82) is 0 Å². The Morgan fingerprint density at radius 1 is 1.37 bits per heavy atom. The first-order valence-electron chi connectivity index (χ1n) is 9.39. The van der Waals surface area contributed by atoms with Crippen LogP contribution in [0, 0.1) is 16.7 Å². The van der Waals surface area contributed by atoms with Crippen molar-refractivity contribution in [3.63, 3.8) is 0 Å². The molecule has 1 aromatic heterocycles. The molecular weight excluding hydrogens is 494 g/mol. The van der Waals surface area contributed by atoms with Crippen LogP contribution in [0.5, 0.6) is 0 Å². The number of rotatable bonds is 5. The molecule has 2 atom stereocenters. The number of amides is 1. The Balaban J connectivity index is 1.92. The lowest BCUT2D eigenvalue weighted by atomic mass is 9.69. The van der Waals surface area contributed by atoms with Gasteiger partial charge >= 0.3 is 5.97 Å². The standard InChI is InChI=1S/C20H27Br2NO3S/c1-6-18(2,3)11-7-8-12-13(9-11)27-15(14(12)16(24)26-5)23-17(25)19(4)10-20(19,21)22/h11H,6-10H2,1-5H3,(H,23,25)/t11-,19+/m1/s1. The molecule has 0 saturated heterocycles. The zero-order chi connectivity index (χ0) is 20.2. The van der Waals surface area contributed by atoms with E-state index in [0.29, 0.717) is 22.9 Å². The van der Waals surface area contributed by atoms with E-state index < -0.39 is 5.41 Å². The number of hydrogen-bond donors (Lipinski definition) is 1. The van der Waals surface area contributed by atoms with Gasteiger partial charge in [-0.25, -0.2) is 4.79 Å². The number of anilines is 1. The summed E-state index contributed by atoms with van der Waals surface area (Å²) in [5.41, 5.74) is 1.36. The van der Waals surface area contributed by atoms with Crippen molar-refractivity contribution in [2.24, 2.45) is 16.7 Å². The first kappa shape index (κ1) is 21.3. The summed E-state index contributed by atoms with van der Waals surface area (Å²) < 4.78 is 4.67. The van der Waals surface area contributed by atoms with E-state index in [2.05, 4.69) is 57.9 Å². The lowest BCUT2D eigenvalue weighted by molar-refractivity contribution is -0.120. The molecule has 0 radical (unpaired) electrons. The average Bonchev–Trinajstić information content (AvgIpc) is 2.97. The second-order valence-electron chi connectivity index (χ2n) is 8.65. The molecule has 1 N–H and O–H groups in total. The van der Waals surface area contributed by atoms with E-state index in [0.717, 1.165) is 31.2 Å². The molecule has 150 valence electrons. The molecule has 0 spiro atoms. The number of alkyl halides is 2. The lowest BCUT2D eigenvalue weighted by Gasteiger charge is -2.36. The van der Waals surface area contributed by atoms with E-state index in [1.54, 1.807) is 11.3 Å². The first-order chi connectivity index (χ1) is 12.5. The van der Waals surface area contributed by atoms with Crippen molar-refractivity contribution in [1.82, 2.24) is 0 Å². The number of hydrogen-bond acceptors (Lipinski definition) is 4. The van der Waals surface area contributed by atoms with Gasteiger partial charge in [0.05, 0.1) is 21.3 Å². The van der Waals surface area contributed by atoms with Crippen LogP contribution in [0.3, 0.4) is 0 Å². The second-order valence-corrected chi connectivity index (χ2v) is 13.5. The predicted octanol–water partition coefficient (Wildman–Crippen LogP) is 5.91. The highest BCUT2D eigenvalue weighted by atomic mass is 79.9. The zero-order valence-corrected chi connectivity index (χ0v) is 20.5. The number of halogens is 2. The Kier molecular flexibility index (Phi) is 5.63. The van der Waals surface area contributed by atoms with E-state index in [1.807, 2.05) is 6.92 Å². The summed E-state index contributed by atoms with van der Waals surface area (Å²) >= 11 is 8.64. The van der Waals surface area contributed by atoms with Gasteiger partial charge in [-0.15, -0.1) is 11.3 Å². The number of nitrogens with one attached hydrogen (secondary N) is 1. The largest absolute Gasteiger partial charge is 0.465 e. The molecule has 1 fully saturated rings. The molecule has 2 aliphatic rings. The smallest absolute Gasteiger partial charge is 0.341 e. The highest BCUT2D eigenvalue weighted by molar-refractivity contribution is 9.25. The van der Waals surface area contributed by atoms with Crippen LogP contribution < -0.4 is 5.32 Å². The van der Waals surface area contributed by atoms with Gasteiger partial charge in [-0.3, -0.25) is 4.79 Å². The minimum Gasteiger partial charge on any atom is -0.465 e. The van der Waals surface area contributed by atoms with Crippen LogP contribution in [0.25, 0.3) is 0 Å². The Hall–Kier alpha value is -0.400. The minimum absolute atomic E-state index is 0.0783. The fourth-order valence-corrected chi connectivity index (χ4v) is 6.63. The highest BCUT2D eigenvalue weighted by Crippen LogP contribution is 2.66. The van der Waals surface area contributed by atoms with Crippen LogP contribution in [0.2, 0.25) is 0 Å². The number of carbonyl (C=O) groups is 2. The van der Waals surface area contributed by atoms with E-state index in [9.17, 15) is 9.59 Å². The third-order valence-corrected chi connectivity index (χ3v) is 10.1. The molecule has 27 heavy (non-hydrogen) atoms. The summed E-state index contributed by atoms with van der Waals surface area (Å²) in [6, 6.07) is 0. The summed E-state index contributed by atoms with van der Waals surface area (Å²) in [7, 11) is 1.40. The molecular formula is C20H27Br2NO3S. The van der Waals surface area contributed by atoms with Crippen LogP contribution in [0.1, 0.15) is 67.8 Å². The molecule has 1 saturated carbocycles. The van der Waals surface area contributed by atoms with Crippen LogP contribution in [0.4, 0.5) is 5.00 Å². The van der Waals surface area contributed by atoms with E-state index in [-0.39, 0.29) is 20.5 Å². The SMILES string of the molecule is CCC(C)(C)[C@@H]1CCc2c(sc(NC(=O)[C@]3(C)CC3(Br)Br)c2C(=O)OC)C1. The molecule has 0 unspecified atom stereocenters. The third-order valence-electron chi connectivity index (χ3n) is 6.66. The molecule has 2 aliphatic carbocycles. The predicted molar refractivity (Wildman–Crippen MR) is 117 cm³/mol. The Morgan fingerprint density at radius 3 is 2.52 bits per heavy atom. The molecule has 4 nitrogen and oxygen atoms in total. The molecule has 3 rings (SSSR count). The minimum atomic E-state index is -0.530. The average molecular weight is 521 g/mol. The van der Waals surface area contributed by atoms with Gasteiger partial charge in [-0.05, 0) is 49.5 Å². The number of ether oxygens (including phenoxy) is 1. The fraction of sp³-hybridized carbons (Fsp3) is 0.700. The lowest BCUT2D eigenvalue weighted by Crippen LogP contribution is -2.28. The highest BCUT2D eigenvalue weighted by Gasteiger charge is 2.66. The number of methoxy groups -OCH3 is 1. The van der Waals surface area contributed by atoms with E-state index in [1.165, 1.54) is 12.0 Å². The van der Waals surface area contributed by atoms with E-state index in [4.69, 9.17) is 4.74 Å². The normalized spacial score (nSPS) is 26.3. The summed E-state index contributed by atoms with van der Waals surface area (Å²) in [5.74, 6) is 0.146. The Labute approximate surface area is 182 Å². The van der Waals surface area contributed by atoms with Gasteiger partial charge < -0.3 is 10.1 Å². The maximum atomic E-state index is 12.8. The number of thiophene rings is 1. The third kappa shape index (κ3) is 3.64. The monoisotopic (exact) mass is 519 g/mol. The molecule has 0 aliphatic heterocycles. The van der Waals surface area contributed by atoms with Gasteiger partial charge in [0.15, 0.2) is 0 Å². The molecule has 7 heteroatoms. The summed E-state index contributed by atoms with van der Waals surface area (Å²) in [6.45, 7) is 8.79. The van der Waals surface area contributed by atoms with Gasteiger partial charge in [0, 0.05) is 4.88 Å². The van der Waals surface area contributed by atoms with Crippen LogP contribution in [0.15, 0.2) is 0 Å². The molecule has 1 aromatic rings. The van der Waals surface area contributed by atoms with Gasteiger partial charge in [0.2, 0.25) is 5.91 Å². The molecule has 0 aromatic carbocycles. The summed E-state index contributed by atoms with van der Waals surface area (Å²) in [5, 5.41) is 3.66. The van der Waals surface area contributed by atoms with Gasteiger partial charge in [0.25, 0.3) is 0 Å². The van der Waals surface area contributed by atoms with Crippen molar-refractivity contribution < 1.29 is 14.3 Å². The Bertz CT molecular complexity index is 786. The maximum absolute atomic E-state index is 12.8. The molecule has 1 heterocycles. The maximum Gasteiger partial charge on any atom is 0.341 e. The first-order valence-corrected chi connectivity index (χ1v) is 11.8. The van der Waals surface area contributed by atoms with Crippen molar-refractivity contribution >= 4 is 60.1 Å². The van der Waals surface area contributed by atoms with Crippen LogP contribution >= 0.6 is 43.2 Å². The van der Waals surface area contributed by atoms with Crippen LogP contribution in [-0.2, 0) is 22.4 Å². The van der Waals surface area contributed by atoms with Gasteiger partial charge in [-0.2, -0.15) is 0 Å². The fourth-order valence-electron chi connectivity index (χ4n) is 3.83. The van der Waals surface area contributed by atoms with E-state index >= 15 is 0 Å². The van der Waals surface area contributed by atoms with Crippen molar-refractivity contribution in [3.05, 3.63) is 16.0 Å². The Morgan fingerprint density at radius 2 is 2.00 bits per heavy atom. The number of carbonyl (C=O) groups excluding carboxylic acids is 2. The quantitative estimate of drug-likeness (QED) is 0.387. The summed E-state index contributed by atoms with van der Waals surface area (Å²) in [4.78, 5) is 26.5. The van der Waals surface area contributed by atoms with Crippen molar-refractivity contribution in [2.45, 2.75) is 63.0 Å². The second kappa shape index (κ2) is 7.13. The molecule has 1 amide bonds. The van der Waals surface area contributed by atoms with Gasteiger partial charge in [-0.1, -0.05) is 59.1 Å². The number of esters is 1. The topological polar surface area (TPSA) is 55.4 Å². The zero-order valence-electron chi connectivity index (χ0n) is 16.5. The van der Waals surface area contributed by atoms with Crippen molar-refractivity contribution in [2.75, 3.05) is 12.4 Å². The molecule has 0 bridgehead atoms.